The number of nitrogens with zero attached hydrogens (tertiary/aromatic N) is 2. The van der Waals surface area contributed by atoms with Gasteiger partial charge < -0.3 is 31.1 Å². The second kappa shape index (κ2) is 9.64. The number of nitrogen functional groups attached to an aromatic ring is 2. The number of carbonyl (C=O) groups excluding carboxylic acids is 2. The number of fused-ring (bicyclic) bond motifs is 2. The Bertz CT molecular complexity index is 1010. The fourth-order valence-electron chi connectivity index (χ4n) is 4.30. The maximum Gasteiger partial charge on any atom is 0.198 e. The first-order chi connectivity index (χ1) is 15.8. The molecule has 2 aromatic rings. The molecule has 0 amide bonds. The first kappa shape index (κ1) is 25.5. The average Bonchev–Trinajstić information content (AvgIpc) is 2.72. The van der Waals surface area contributed by atoms with Crippen LogP contribution in [0.3, 0.4) is 0 Å². The largest absolute Gasteiger partial charge is 0.398 e. The first-order valence-corrected chi connectivity index (χ1v) is 11.8. The van der Waals surface area contributed by atoms with Gasteiger partial charge in [0, 0.05) is 48.7 Å². The van der Waals surface area contributed by atoms with Gasteiger partial charge in [0.1, 0.15) is 0 Å². The van der Waals surface area contributed by atoms with Crippen molar-refractivity contribution < 1.29 is 18.6 Å². The number of carbonyl (C=O) groups is 2. The van der Waals surface area contributed by atoms with E-state index in [9.17, 15) is 9.59 Å². The summed E-state index contributed by atoms with van der Waals surface area (Å²) in [5.41, 5.74) is 15.5. The molecule has 0 radical (unpaired) electrons. The second-order valence-electron chi connectivity index (χ2n) is 11.2. The summed E-state index contributed by atoms with van der Waals surface area (Å²) >= 11 is 0. The minimum atomic E-state index is -0.265. The molecule has 184 valence electrons. The van der Waals surface area contributed by atoms with E-state index in [1.807, 2.05) is 0 Å². The highest BCUT2D eigenvalue weighted by Gasteiger charge is 2.36. The van der Waals surface area contributed by atoms with Crippen molar-refractivity contribution in [2.75, 3.05) is 90.6 Å². The van der Waals surface area contributed by atoms with Gasteiger partial charge in [0.05, 0.1) is 77.6 Å². The molecule has 3 rings (SSSR count). The Kier molecular flexibility index (Phi) is 7.24. The lowest BCUT2D eigenvalue weighted by Gasteiger charge is -2.26. The Morgan fingerprint density at radius 1 is 0.618 bits per heavy atom. The zero-order chi connectivity index (χ0) is 25.3. The standard InChI is InChI=1S/C26H38N6O2/c1-31(2,3)15-7-13-29-19-11-9-17(27)21-23(19)25(33)22-18(28)10-12-20(24(22)26(21)34)30-14-8-16-32(4,5)6/h9-12H,7-8,13-16H2,1-6H3,(H4-2,27,28,29,30,33,34)/p+2. The molecule has 0 atom stereocenters. The molecule has 8 heteroatoms. The monoisotopic (exact) mass is 468 g/mol. The Morgan fingerprint density at radius 2 is 0.971 bits per heavy atom. The van der Waals surface area contributed by atoms with Gasteiger partial charge in [-0.2, -0.15) is 0 Å². The van der Waals surface area contributed by atoms with Crippen LogP contribution in [0.2, 0.25) is 0 Å². The third-order valence-corrected chi connectivity index (χ3v) is 6.03. The molecule has 6 N–H and O–H groups in total. The van der Waals surface area contributed by atoms with Gasteiger partial charge in [-0.3, -0.25) is 9.59 Å². The van der Waals surface area contributed by atoms with Gasteiger partial charge in [-0.15, -0.1) is 0 Å². The van der Waals surface area contributed by atoms with E-state index in [1.54, 1.807) is 24.3 Å². The minimum absolute atomic E-state index is 0.258. The zero-order valence-corrected chi connectivity index (χ0v) is 21.4. The van der Waals surface area contributed by atoms with Crippen LogP contribution in [0, 0.1) is 0 Å². The van der Waals surface area contributed by atoms with Crippen LogP contribution in [0.4, 0.5) is 22.7 Å². The third kappa shape index (κ3) is 5.69. The number of anilines is 4. The summed E-state index contributed by atoms with van der Waals surface area (Å²) in [6, 6.07) is 6.94. The topological polar surface area (TPSA) is 110 Å². The van der Waals surface area contributed by atoms with Crippen molar-refractivity contribution in [2.24, 2.45) is 0 Å². The molecule has 0 fully saturated rings. The summed E-state index contributed by atoms with van der Waals surface area (Å²) in [7, 11) is 12.8. The van der Waals surface area contributed by atoms with E-state index in [2.05, 4.69) is 52.9 Å². The van der Waals surface area contributed by atoms with Gasteiger partial charge in [-0.1, -0.05) is 0 Å². The van der Waals surface area contributed by atoms with Crippen LogP contribution >= 0.6 is 0 Å². The molecular weight excluding hydrogens is 428 g/mol. The fourth-order valence-corrected chi connectivity index (χ4v) is 4.30. The smallest absolute Gasteiger partial charge is 0.198 e. The number of hydrogen-bond acceptors (Lipinski definition) is 6. The molecule has 0 saturated carbocycles. The van der Waals surface area contributed by atoms with Gasteiger partial charge in [0.2, 0.25) is 0 Å². The molecule has 0 aliphatic heterocycles. The second-order valence-corrected chi connectivity index (χ2v) is 11.2. The number of nitrogens with two attached hydrogens (primary N) is 2. The molecule has 2 aromatic carbocycles. The summed E-state index contributed by atoms with van der Waals surface area (Å²) in [6.45, 7) is 3.33. The number of hydrogen-bond donors (Lipinski definition) is 4. The van der Waals surface area contributed by atoms with Crippen molar-refractivity contribution in [3.63, 3.8) is 0 Å². The number of rotatable bonds is 10. The first-order valence-electron chi connectivity index (χ1n) is 11.8. The molecule has 0 bridgehead atoms. The van der Waals surface area contributed by atoms with Crippen molar-refractivity contribution in [1.29, 1.82) is 0 Å². The van der Waals surface area contributed by atoms with Crippen LogP contribution < -0.4 is 22.1 Å². The zero-order valence-electron chi connectivity index (χ0n) is 21.4. The van der Waals surface area contributed by atoms with E-state index < -0.39 is 0 Å². The quantitative estimate of drug-likeness (QED) is 0.207. The van der Waals surface area contributed by atoms with Gasteiger partial charge in [-0.25, -0.2) is 0 Å². The predicted molar refractivity (Wildman–Crippen MR) is 141 cm³/mol. The van der Waals surface area contributed by atoms with E-state index in [4.69, 9.17) is 11.5 Å². The van der Waals surface area contributed by atoms with E-state index in [-0.39, 0.29) is 22.7 Å². The van der Waals surface area contributed by atoms with Crippen LogP contribution in [0.15, 0.2) is 24.3 Å². The van der Waals surface area contributed by atoms with Crippen molar-refractivity contribution >= 4 is 34.3 Å². The van der Waals surface area contributed by atoms with Crippen LogP contribution in [-0.2, 0) is 0 Å². The normalized spacial score (nSPS) is 13.5. The highest BCUT2D eigenvalue weighted by molar-refractivity contribution is 6.34. The average molecular weight is 469 g/mol. The van der Waals surface area contributed by atoms with Crippen molar-refractivity contribution in [3.05, 3.63) is 46.5 Å². The lowest BCUT2D eigenvalue weighted by Crippen LogP contribution is -2.36. The van der Waals surface area contributed by atoms with Crippen molar-refractivity contribution in [1.82, 2.24) is 0 Å². The van der Waals surface area contributed by atoms with Gasteiger partial charge >= 0.3 is 0 Å². The number of benzene rings is 2. The lowest BCUT2D eigenvalue weighted by atomic mass is 9.80. The molecule has 0 spiro atoms. The molecule has 0 saturated heterocycles. The van der Waals surface area contributed by atoms with Gasteiger partial charge in [0.15, 0.2) is 11.6 Å². The Balaban J connectivity index is 1.92. The number of nitrogens with one attached hydrogen (secondary N) is 2. The predicted octanol–water partition coefficient (Wildman–Crippen LogP) is 2.64. The molecule has 1 aliphatic rings. The molecule has 0 unspecified atom stereocenters. The van der Waals surface area contributed by atoms with E-state index in [0.717, 1.165) is 34.9 Å². The van der Waals surface area contributed by atoms with E-state index in [1.165, 1.54) is 0 Å². The molecule has 8 nitrogen and oxygen atoms in total. The van der Waals surface area contributed by atoms with Gasteiger partial charge in [0.25, 0.3) is 0 Å². The highest BCUT2D eigenvalue weighted by Crippen LogP contribution is 2.40. The van der Waals surface area contributed by atoms with Crippen molar-refractivity contribution in [3.8, 4) is 0 Å². The Labute approximate surface area is 203 Å². The van der Waals surface area contributed by atoms with Crippen LogP contribution in [0.25, 0.3) is 0 Å². The number of quaternary nitrogens is 2. The number of ketones is 2. The fraction of sp³-hybridized carbons (Fsp3) is 0.462. The highest BCUT2D eigenvalue weighted by atomic mass is 16.1. The van der Waals surface area contributed by atoms with Crippen LogP contribution in [0.5, 0.6) is 0 Å². The van der Waals surface area contributed by atoms with Crippen molar-refractivity contribution in [2.45, 2.75) is 12.8 Å². The summed E-state index contributed by atoms with van der Waals surface area (Å²) in [5.74, 6) is -0.531. The summed E-state index contributed by atoms with van der Waals surface area (Å²) in [4.78, 5) is 27.4. The third-order valence-electron chi connectivity index (χ3n) is 6.03. The van der Waals surface area contributed by atoms with E-state index >= 15 is 0 Å². The molecule has 34 heavy (non-hydrogen) atoms. The van der Waals surface area contributed by atoms with E-state index in [0.29, 0.717) is 47.0 Å². The molecule has 0 aromatic heterocycles. The van der Waals surface area contributed by atoms with Crippen LogP contribution in [-0.4, -0.2) is 89.0 Å². The minimum Gasteiger partial charge on any atom is -0.398 e. The summed E-state index contributed by atoms with van der Waals surface area (Å²) < 4.78 is 1.71. The Hall–Kier alpha value is -3.10. The molecular formula is C26H40N6O2+2. The Morgan fingerprint density at radius 3 is 1.29 bits per heavy atom. The lowest BCUT2D eigenvalue weighted by molar-refractivity contribution is -0.870. The maximum absolute atomic E-state index is 13.7. The molecule has 0 heterocycles. The summed E-state index contributed by atoms with van der Waals surface area (Å²) in [5, 5.41) is 6.70. The van der Waals surface area contributed by atoms with Crippen LogP contribution in [0.1, 0.15) is 44.7 Å². The van der Waals surface area contributed by atoms with Gasteiger partial charge in [-0.05, 0) is 24.3 Å². The SMILES string of the molecule is C[N+](C)(C)CCCNc1ccc(N)c2c1C(=O)c1c(N)ccc(NCCC[N+](C)(C)C)c1C2=O. The maximum atomic E-state index is 13.7. The summed E-state index contributed by atoms with van der Waals surface area (Å²) in [6.07, 6.45) is 1.84. The molecule has 1 aliphatic carbocycles.